The van der Waals surface area contributed by atoms with Crippen molar-refractivity contribution in [1.82, 2.24) is 14.8 Å². The number of fused-ring (bicyclic) bond motifs is 1. The highest BCUT2D eigenvalue weighted by atomic mass is 19.1. The Hall–Kier alpha value is -3.49. The number of amides is 1. The molecule has 0 saturated carbocycles. The molecule has 0 bridgehead atoms. The van der Waals surface area contributed by atoms with E-state index < -0.39 is 0 Å². The number of methoxy groups -OCH3 is 1. The number of rotatable bonds is 8. The molecule has 0 aliphatic carbocycles. The summed E-state index contributed by atoms with van der Waals surface area (Å²) in [6.45, 7) is 5.35. The van der Waals surface area contributed by atoms with Crippen molar-refractivity contribution in [3.8, 4) is 22.8 Å². The van der Waals surface area contributed by atoms with E-state index in [0.717, 1.165) is 16.7 Å². The van der Waals surface area contributed by atoms with Gasteiger partial charge in [0.2, 0.25) is 5.88 Å². The Labute approximate surface area is 217 Å². The molecule has 1 aliphatic rings. The lowest BCUT2D eigenvalue weighted by atomic mass is 9.99. The molecule has 0 unspecified atom stereocenters. The van der Waals surface area contributed by atoms with Crippen molar-refractivity contribution in [3.63, 3.8) is 0 Å². The van der Waals surface area contributed by atoms with Gasteiger partial charge in [0.15, 0.2) is 0 Å². The summed E-state index contributed by atoms with van der Waals surface area (Å²) in [5.74, 6) is 0.474. The van der Waals surface area contributed by atoms with E-state index in [1.54, 1.807) is 36.4 Å². The lowest BCUT2D eigenvalue weighted by Crippen LogP contribution is -2.49. The van der Waals surface area contributed by atoms with Crippen LogP contribution in [0.1, 0.15) is 29.8 Å². The number of carbonyl (C=O) groups excluding carboxylic acids is 1. The Kier molecular flexibility index (Phi) is 8.41. The summed E-state index contributed by atoms with van der Waals surface area (Å²) in [4.78, 5) is 22.1. The highest BCUT2D eigenvalue weighted by Crippen LogP contribution is 2.31. The molecule has 1 amide bonds. The summed E-state index contributed by atoms with van der Waals surface area (Å²) < 4.78 is 25.1. The van der Waals surface area contributed by atoms with Gasteiger partial charge in [-0.3, -0.25) is 9.69 Å². The van der Waals surface area contributed by atoms with Crippen LogP contribution in [0.2, 0.25) is 0 Å². The molecule has 196 valence electrons. The Morgan fingerprint density at radius 2 is 1.97 bits per heavy atom. The van der Waals surface area contributed by atoms with Gasteiger partial charge in [0.25, 0.3) is 5.91 Å². The number of hydrogen-bond donors (Lipinski definition) is 1. The topological polar surface area (TPSA) is 75.1 Å². The van der Waals surface area contributed by atoms with E-state index in [1.165, 1.54) is 12.1 Å². The van der Waals surface area contributed by atoms with Crippen LogP contribution >= 0.6 is 0 Å². The maximum absolute atomic E-state index is 13.7. The van der Waals surface area contributed by atoms with Crippen molar-refractivity contribution in [1.29, 1.82) is 0 Å². The first-order valence-corrected chi connectivity index (χ1v) is 12.4. The molecule has 37 heavy (non-hydrogen) atoms. The highest BCUT2D eigenvalue weighted by Gasteiger charge is 2.34. The van der Waals surface area contributed by atoms with Crippen LogP contribution in [0.15, 0.2) is 60.8 Å². The van der Waals surface area contributed by atoms with Gasteiger partial charge in [0, 0.05) is 37.3 Å². The number of nitrogens with zero attached hydrogens (tertiary/aromatic N) is 3. The zero-order valence-electron chi connectivity index (χ0n) is 21.7. The monoisotopic (exact) mass is 507 g/mol. The van der Waals surface area contributed by atoms with Crippen molar-refractivity contribution in [2.75, 3.05) is 33.9 Å². The molecule has 1 N–H and O–H groups in total. The molecule has 1 aromatic heterocycles. The standard InChI is InChI=1S/C29H34FN3O4/c1-19-15-33(20(2)18-34)29(35)26-13-23(22-6-5-7-25(12-22)36-4)14-31-28(26)37-27(19)17-32(3)16-21-8-10-24(30)11-9-21/h5-14,19-20,27,34H,15-18H2,1-4H3/t19-,20+,27+/m0/s1. The summed E-state index contributed by atoms with van der Waals surface area (Å²) in [7, 11) is 3.59. The summed E-state index contributed by atoms with van der Waals surface area (Å²) >= 11 is 0. The first-order chi connectivity index (χ1) is 17.8. The zero-order valence-corrected chi connectivity index (χ0v) is 21.7. The van der Waals surface area contributed by atoms with Gasteiger partial charge in [-0.2, -0.15) is 0 Å². The molecule has 3 aromatic rings. The van der Waals surface area contributed by atoms with E-state index in [9.17, 15) is 14.3 Å². The molecule has 0 fully saturated rings. The predicted molar refractivity (Wildman–Crippen MR) is 140 cm³/mol. The molecule has 0 spiro atoms. The molecule has 0 saturated heterocycles. The summed E-state index contributed by atoms with van der Waals surface area (Å²) in [6.07, 6.45) is 1.44. The highest BCUT2D eigenvalue weighted by molar-refractivity contribution is 5.98. The third-order valence-electron chi connectivity index (χ3n) is 6.78. The first kappa shape index (κ1) is 26.6. The van der Waals surface area contributed by atoms with Crippen LogP contribution in [-0.4, -0.2) is 71.8 Å². The van der Waals surface area contributed by atoms with Crippen molar-refractivity contribution < 1.29 is 23.8 Å². The van der Waals surface area contributed by atoms with Crippen molar-refractivity contribution in [2.24, 2.45) is 5.92 Å². The normalized spacial score (nSPS) is 18.6. The SMILES string of the molecule is COc1cccc(-c2cnc3c(c2)C(=O)N([C@H](C)CO)C[C@H](C)[C@@H](CN(C)Cc2ccc(F)cc2)O3)c1. The average molecular weight is 508 g/mol. The number of halogens is 1. The lowest BCUT2D eigenvalue weighted by molar-refractivity contribution is 0.0325. The van der Waals surface area contributed by atoms with Crippen LogP contribution in [0.5, 0.6) is 11.6 Å². The van der Waals surface area contributed by atoms with E-state index >= 15 is 0 Å². The fourth-order valence-electron chi connectivity index (χ4n) is 4.55. The molecule has 1 aliphatic heterocycles. The minimum atomic E-state index is -0.362. The van der Waals surface area contributed by atoms with Crippen LogP contribution in [0.25, 0.3) is 11.1 Å². The lowest BCUT2D eigenvalue weighted by Gasteiger charge is -2.37. The number of aliphatic hydroxyl groups excluding tert-OH is 1. The number of likely N-dealkylation sites (N-methyl/N-ethyl adjacent to an activating group) is 1. The zero-order chi connectivity index (χ0) is 26.5. The van der Waals surface area contributed by atoms with Gasteiger partial charge in [-0.15, -0.1) is 0 Å². The van der Waals surface area contributed by atoms with Gasteiger partial charge in [-0.25, -0.2) is 9.37 Å². The largest absolute Gasteiger partial charge is 0.497 e. The molecule has 7 nitrogen and oxygen atoms in total. The third-order valence-corrected chi connectivity index (χ3v) is 6.78. The maximum atomic E-state index is 13.7. The maximum Gasteiger partial charge on any atom is 0.259 e. The van der Waals surface area contributed by atoms with Gasteiger partial charge < -0.3 is 19.5 Å². The molecule has 3 atom stereocenters. The van der Waals surface area contributed by atoms with E-state index in [2.05, 4.69) is 9.88 Å². The van der Waals surface area contributed by atoms with E-state index in [0.29, 0.717) is 30.9 Å². The number of pyridine rings is 1. The summed E-state index contributed by atoms with van der Waals surface area (Å²) in [6, 6.07) is 15.5. The number of benzene rings is 2. The molecule has 2 heterocycles. The minimum Gasteiger partial charge on any atom is -0.497 e. The van der Waals surface area contributed by atoms with Crippen molar-refractivity contribution in [2.45, 2.75) is 32.5 Å². The Morgan fingerprint density at radius 1 is 1.22 bits per heavy atom. The second kappa shape index (κ2) is 11.7. The van der Waals surface area contributed by atoms with Gasteiger partial charge in [0.1, 0.15) is 23.2 Å². The van der Waals surface area contributed by atoms with E-state index in [-0.39, 0.29) is 42.3 Å². The molecule has 2 aromatic carbocycles. The number of aliphatic hydroxyl groups is 1. The minimum absolute atomic E-state index is 0.0263. The Morgan fingerprint density at radius 3 is 2.68 bits per heavy atom. The Bertz CT molecular complexity index is 1220. The molecule has 8 heteroatoms. The fraction of sp³-hybridized carbons (Fsp3) is 0.379. The number of ether oxygens (including phenoxy) is 2. The molecular weight excluding hydrogens is 473 g/mol. The van der Waals surface area contributed by atoms with Crippen molar-refractivity contribution in [3.05, 3.63) is 77.7 Å². The van der Waals surface area contributed by atoms with Crippen LogP contribution in [0.3, 0.4) is 0 Å². The molecule has 4 rings (SSSR count). The van der Waals surface area contributed by atoms with Crippen LogP contribution in [0.4, 0.5) is 4.39 Å². The van der Waals surface area contributed by atoms with Crippen LogP contribution < -0.4 is 9.47 Å². The first-order valence-electron chi connectivity index (χ1n) is 12.4. The van der Waals surface area contributed by atoms with Crippen LogP contribution in [-0.2, 0) is 6.54 Å². The Balaban J connectivity index is 1.65. The van der Waals surface area contributed by atoms with Gasteiger partial charge in [-0.1, -0.05) is 31.2 Å². The second-order valence-electron chi connectivity index (χ2n) is 9.75. The quantitative estimate of drug-likeness (QED) is 0.492. The molecular formula is C29H34FN3O4. The number of aromatic nitrogens is 1. The summed E-state index contributed by atoms with van der Waals surface area (Å²) in [5.41, 5.74) is 2.99. The van der Waals surface area contributed by atoms with Crippen LogP contribution in [0, 0.1) is 11.7 Å². The molecule has 0 radical (unpaired) electrons. The van der Waals surface area contributed by atoms with Gasteiger partial charge >= 0.3 is 0 Å². The number of hydrogen-bond acceptors (Lipinski definition) is 6. The van der Waals surface area contributed by atoms with Gasteiger partial charge in [0.05, 0.1) is 19.8 Å². The fourth-order valence-corrected chi connectivity index (χ4v) is 4.55. The van der Waals surface area contributed by atoms with Crippen molar-refractivity contribution >= 4 is 5.91 Å². The second-order valence-corrected chi connectivity index (χ2v) is 9.75. The third kappa shape index (κ3) is 6.26. The van der Waals surface area contributed by atoms with E-state index in [4.69, 9.17) is 9.47 Å². The summed E-state index contributed by atoms with van der Waals surface area (Å²) in [5, 5.41) is 9.90. The van der Waals surface area contributed by atoms with Gasteiger partial charge in [-0.05, 0) is 55.4 Å². The average Bonchev–Trinajstić information content (AvgIpc) is 2.91. The smallest absolute Gasteiger partial charge is 0.259 e. The number of carbonyl (C=O) groups is 1. The van der Waals surface area contributed by atoms with E-state index in [1.807, 2.05) is 45.2 Å². The predicted octanol–water partition coefficient (Wildman–Crippen LogP) is 4.25.